The first-order chi connectivity index (χ1) is 14.9. The van der Waals surface area contributed by atoms with Crippen molar-refractivity contribution in [1.29, 1.82) is 0 Å². The Morgan fingerprint density at radius 1 is 1.03 bits per heavy atom. The third kappa shape index (κ3) is 8.13. The predicted molar refractivity (Wildman–Crippen MR) is 111 cm³/mol. The topological polar surface area (TPSA) is 115 Å². The first-order valence-corrected chi connectivity index (χ1v) is 9.25. The summed E-state index contributed by atoms with van der Waals surface area (Å²) >= 11 is 0. The third-order valence-electron chi connectivity index (χ3n) is 3.69. The number of hydrogen-bond acceptors (Lipinski definition) is 7. The average molecular weight is 431 g/mol. The van der Waals surface area contributed by atoms with Crippen LogP contribution in [0.15, 0.2) is 47.6 Å². The van der Waals surface area contributed by atoms with E-state index in [1.807, 2.05) is 0 Å². The van der Waals surface area contributed by atoms with E-state index in [1.165, 1.54) is 37.6 Å². The van der Waals surface area contributed by atoms with Crippen molar-refractivity contribution in [2.75, 3.05) is 25.6 Å². The Balaban J connectivity index is 1.89. The molecule has 0 heterocycles. The molecule has 2 rings (SSSR count). The van der Waals surface area contributed by atoms with Gasteiger partial charge in [0, 0.05) is 5.69 Å². The molecule has 0 atom stereocenters. The normalized spacial score (nSPS) is 10.4. The van der Waals surface area contributed by atoms with Crippen molar-refractivity contribution in [2.45, 2.75) is 13.3 Å². The van der Waals surface area contributed by atoms with Gasteiger partial charge in [0.2, 0.25) is 11.8 Å². The number of anilines is 1. The predicted octanol–water partition coefficient (Wildman–Crippen LogP) is 2.26. The van der Waals surface area contributed by atoms with Crippen LogP contribution in [0.4, 0.5) is 10.1 Å². The molecular weight excluding hydrogens is 409 g/mol. The van der Waals surface area contributed by atoms with E-state index in [0.717, 1.165) is 0 Å². The largest absolute Gasteiger partial charge is 0.490 e. The minimum Gasteiger partial charge on any atom is -0.490 e. The van der Waals surface area contributed by atoms with Crippen LogP contribution in [0, 0.1) is 5.82 Å². The number of carbonyl (C=O) groups is 3. The van der Waals surface area contributed by atoms with Crippen LogP contribution in [0.5, 0.6) is 11.5 Å². The second-order valence-corrected chi connectivity index (χ2v) is 6.03. The third-order valence-corrected chi connectivity index (χ3v) is 3.69. The van der Waals surface area contributed by atoms with Crippen LogP contribution in [0.2, 0.25) is 0 Å². The summed E-state index contributed by atoms with van der Waals surface area (Å²) in [5.74, 6) is -1.41. The average Bonchev–Trinajstić information content (AvgIpc) is 2.74. The van der Waals surface area contributed by atoms with E-state index in [-0.39, 0.29) is 6.61 Å². The van der Waals surface area contributed by atoms with E-state index in [1.54, 1.807) is 25.1 Å². The van der Waals surface area contributed by atoms with Crippen molar-refractivity contribution in [1.82, 2.24) is 5.43 Å². The van der Waals surface area contributed by atoms with Gasteiger partial charge >= 0.3 is 5.97 Å². The Bertz CT molecular complexity index is 947. The van der Waals surface area contributed by atoms with Crippen LogP contribution in [-0.4, -0.2) is 44.3 Å². The lowest BCUT2D eigenvalue weighted by atomic mass is 10.2. The highest BCUT2D eigenvalue weighted by molar-refractivity contribution is 6.03. The van der Waals surface area contributed by atoms with Crippen LogP contribution < -0.4 is 20.2 Å². The zero-order valence-electron chi connectivity index (χ0n) is 17.0. The lowest BCUT2D eigenvalue weighted by Crippen LogP contribution is -2.24. The van der Waals surface area contributed by atoms with E-state index < -0.39 is 30.0 Å². The maximum absolute atomic E-state index is 12.9. The van der Waals surface area contributed by atoms with Crippen molar-refractivity contribution < 1.29 is 33.0 Å². The molecule has 0 unspecified atom stereocenters. The molecule has 0 saturated carbocycles. The van der Waals surface area contributed by atoms with Gasteiger partial charge in [-0.25, -0.2) is 14.6 Å². The number of nitrogens with one attached hydrogen (secondary N) is 2. The summed E-state index contributed by atoms with van der Waals surface area (Å²) in [5, 5.41) is 6.29. The molecule has 0 bridgehead atoms. The molecule has 9 nitrogen and oxygen atoms in total. The molecule has 0 fully saturated rings. The monoisotopic (exact) mass is 431 g/mol. The molecule has 2 amide bonds. The Labute approximate surface area is 178 Å². The minimum atomic E-state index is -0.626. The van der Waals surface area contributed by atoms with Gasteiger partial charge in [-0.3, -0.25) is 9.59 Å². The van der Waals surface area contributed by atoms with E-state index in [9.17, 15) is 18.8 Å². The highest BCUT2D eigenvalue weighted by Crippen LogP contribution is 2.28. The quantitative estimate of drug-likeness (QED) is 0.258. The number of halogens is 1. The number of rotatable bonds is 10. The standard InChI is InChI=1S/C21H22FN3O6/c1-3-30-18-10-14(4-9-17(18)31-13-21(28)29-2)12-23-25-20(27)11-19(26)24-16-7-5-15(22)6-8-16/h4-10,12H,3,11,13H2,1-2H3,(H,24,26)(H,25,27). The minimum absolute atomic E-state index is 0.264. The Kier molecular flexibility index (Phi) is 8.96. The van der Waals surface area contributed by atoms with Crippen LogP contribution in [-0.2, 0) is 19.1 Å². The molecule has 2 aromatic rings. The van der Waals surface area contributed by atoms with Gasteiger partial charge in [-0.2, -0.15) is 5.10 Å². The molecule has 0 aliphatic rings. The summed E-state index contributed by atoms with van der Waals surface area (Å²) in [4.78, 5) is 34.9. The fraction of sp³-hybridized carbons (Fsp3) is 0.238. The zero-order chi connectivity index (χ0) is 22.6. The van der Waals surface area contributed by atoms with Gasteiger partial charge in [0.15, 0.2) is 18.1 Å². The maximum atomic E-state index is 12.9. The second-order valence-electron chi connectivity index (χ2n) is 6.03. The Morgan fingerprint density at radius 3 is 2.45 bits per heavy atom. The first kappa shape index (κ1) is 23.3. The molecule has 0 saturated heterocycles. The van der Waals surface area contributed by atoms with E-state index in [4.69, 9.17) is 9.47 Å². The molecule has 31 heavy (non-hydrogen) atoms. The molecular formula is C21H22FN3O6. The lowest BCUT2D eigenvalue weighted by molar-refractivity contribution is -0.143. The van der Waals surface area contributed by atoms with E-state index in [0.29, 0.717) is 29.4 Å². The van der Waals surface area contributed by atoms with Gasteiger partial charge in [-0.1, -0.05) is 0 Å². The number of esters is 1. The van der Waals surface area contributed by atoms with Crippen molar-refractivity contribution in [3.8, 4) is 11.5 Å². The van der Waals surface area contributed by atoms with Gasteiger partial charge in [-0.05, 0) is 55.0 Å². The van der Waals surface area contributed by atoms with Crippen molar-refractivity contribution >= 4 is 29.7 Å². The van der Waals surface area contributed by atoms with Crippen LogP contribution in [0.3, 0.4) is 0 Å². The highest BCUT2D eigenvalue weighted by atomic mass is 19.1. The van der Waals surface area contributed by atoms with Gasteiger partial charge < -0.3 is 19.5 Å². The summed E-state index contributed by atoms with van der Waals surface area (Å²) in [6.07, 6.45) is 0.904. The number of ether oxygens (including phenoxy) is 3. The second kappa shape index (κ2) is 11.9. The van der Waals surface area contributed by atoms with E-state index in [2.05, 4.69) is 20.6 Å². The molecule has 10 heteroatoms. The zero-order valence-corrected chi connectivity index (χ0v) is 17.0. The van der Waals surface area contributed by atoms with E-state index >= 15 is 0 Å². The molecule has 0 aliphatic heterocycles. The number of methoxy groups -OCH3 is 1. The molecule has 0 spiro atoms. The van der Waals surface area contributed by atoms with Crippen molar-refractivity contribution in [2.24, 2.45) is 5.10 Å². The number of hydrazone groups is 1. The Morgan fingerprint density at radius 2 is 1.77 bits per heavy atom. The van der Waals surface area contributed by atoms with Crippen LogP contribution in [0.25, 0.3) is 0 Å². The van der Waals surface area contributed by atoms with Crippen LogP contribution in [0.1, 0.15) is 18.9 Å². The lowest BCUT2D eigenvalue weighted by Gasteiger charge is -2.11. The molecule has 2 aromatic carbocycles. The summed E-state index contributed by atoms with van der Waals surface area (Å²) in [5.41, 5.74) is 3.21. The molecule has 2 N–H and O–H groups in total. The number of hydrogen-bond donors (Lipinski definition) is 2. The maximum Gasteiger partial charge on any atom is 0.343 e. The molecule has 0 aliphatic carbocycles. The highest BCUT2D eigenvalue weighted by Gasteiger charge is 2.10. The number of benzene rings is 2. The first-order valence-electron chi connectivity index (χ1n) is 9.25. The van der Waals surface area contributed by atoms with Gasteiger partial charge in [0.05, 0.1) is 19.9 Å². The number of nitrogens with zero attached hydrogens (tertiary/aromatic N) is 1. The molecule has 0 radical (unpaired) electrons. The number of amides is 2. The smallest absolute Gasteiger partial charge is 0.343 e. The SMILES string of the molecule is CCOc1cc(C=NNC(=O)CC(=O)Nc2ccc(F)cc2)ccc1OCC(=O)OC. The van der Waals surface area contributed by atoms with Gasteiger partial charge in [0.1, 0.15) is 12.2 Å². The Hall–Kier alpha value is -3.95. The summed E-state index contributed by atoms with van der Waals surface area (Å²) in [6.45, 7) is 1.90. The molecule has 164 valence electrons. The summed E-state index contributed by atoms with van der Waals surface area (Å²) in [6, 6.07) is 10.0. The van der Waals surface area contributed by atoms with Gasteiger partial charge in [0.25, 0.3) is 0 Å². The summed E-state index contributed by atoms with van der Waals surface area (Å²) in [7, 11) is 1.26. The van der Waals surface area contributed by atoms with Crippen LogP contribution >= 0.6 is 0 Å². The summed E-state index contributed by atoms with van der Waals surface area (Å²) < 4.78 is 28.2. The number of carbonyl (C=O) groups excluding carboxylic acids is 3. The van der Waals surface area contributed by atoms with Crippen molar-refractivity contribution in [3.05, 3.63) is 53.8 Å². The fourth-order valence-electron chi connectivity index (χ4n) is 2.29. The van der Waals surface area contributed by atoms with Crippen molar-refractivity contribution in [3.63, 3.8) is 0 Å². The molecule has 0 aromatic heterocycles. The fourth-order valence-corrected chi connectivity index (χ4v) is 2.29. The van der Waals surface area contributed by atoms with Gasteiger partial charge in [-0.15, -0.1) is 0 Å².